The topological polar surface area (TPSA) is 84.7 Å². The molecule has 6 nitrogen and oxygen atoms in total. The quantitative estimate of drug-likeness (QED) is 0.803. The molecule has 1 unspecified atom stereocenters. The molecule has 1 atom stereocenters. The van der Waals surface area contributed by atoms with Crippen LogP contribution in [0.2, 0.25) is 0 Å². The monoisotopic (exact) mass is 277 g/mol. The van der Waals surface area contributed by atoms with Gasteiger partial charge in [-0.05, 0) is 6.07 Å². The molecule has 1 heterocycles. The number of carbonyl (C=O) groups is 2. The molecule has 0 aromatic heterocycles. The highest BCUT2D eigenvalue weighted by Gasteiger charge is 2.48. The van der Waals surface area contributed by atoms with Gasteiger partial charge in [-0.25, -0.2) is 0 Å². The lowest BCUT2D eigenvalue weighted by Crippen LogP contribution is -2.66. The summed E-state index contributed by atoms with van der Waals surface area (Å²) >= 11 is 0. The smallest absolute Gasteiger partial charge is 0.249 e. The van der Waals surface area contributed by atoms with E-state index in [-0.39, 0.29) is 12.5 Å². The molecule has 20 heavy (non-hydrogen) atoms. The molecule has 1 fully saturated rings. The summed E-state index contributed by atoms with van der Waals surface area (Å²) in [5, 5.41) is 3.14. The summed E-state index contributed by atoms with van der Waals surface area (Å²) in [6.45, 7) is 2.78. The Morgan fingerprint density at radius 2 is 2.10 bits per heavy atom. The van der Waals surface area contributed by atoms with Crippen molar-refractivity contribution in [1.29, 1.82) is 0 Å². The number of methoxy groups -OCH3 is 1. The molecule has 1 aromatic rings. The van der Waals surface area contributed by atoms with Gasteiger partial charge in [-0.15, -0.1) is 0 Å². The zero-order valence-corrected chi connectivity index (χ0v) is 11.7. The maximum absolute atomic E-state index is 12.2. The van der Waals surface area contributed by atoms with Gasteiger partial charge >= 0.3 is 0 Å². The van der Waals surface area contributed by atoms with Crippen LogP contribution in [0.3, 0.4) is 0 Å². The predicted octanol–water partition coefficient (Wildman–Crippen LogP) is -0.172. The molecule has 0 saturated carbocycles. The number of benzene rings is 1. The fraction of sp³-hybridized carbons (Fsp3) is 0.429. The summed E-state index contributed by atoms with van der Waals surface area (Å²) in [4.78, 5) is 25.7. The second-order valence-electron chi connectivity index (χ2n) is 4.77. The van der Waals surface area contributed by atoms with E-state index >= 15 is 0 Å². The maximum atomic E-state index is 12.2. The van der Waals surface area contributed by atoms with E-state index in [1.165, 1.54) is 18.9 Å². The number of ether oxygens (including phenoxy) is 1. The molecule has 0 spiro atoms. The minimum atomic E-state index is -1.21. The number of amides is 2. The average molecular weight is 277 g/mol. The maximum Gasteiger partial charge on any atom is 0.249 e. The van der Waals surface area contributed by atoms with Gasteiger partial charge in [-0.1, -0.05) is 18.2 Å². The normalized spacial score (nSPS) is 22.4. The van der Waals surface area contributed by atoms with Crippen LogP contribution in [0.15, 0.2) is 24.3 Å². The summed E-state index contributed by atoms with van der Waals surface area (Å²) in [7, 11) is 1.53. The lowest BCUT2D eigenvalue weighted by molar-refractivity contribution is -0.147. The van der Waals surface area contributed by atoms with Gasteiger partial charge in [0.05, 0.1) is 7.11 Å². The van der Waals surface area contributed by atoms with E-state index in [1.807, 2.05) is 6.07 Å². The summed E-state index contributed by atoms with van der Waals surface area (Å²) in [5.41, 5.74) is 5.05. The summed E-state index contributed by atoms with van der Waals surface area (Å²) in [5.74, 6) is -0.207. The third-order valence-electron chi connectivity index (χ3n) is 3.69. The lowest BCUT2D eigenvalue weighted by Gasteiger charge is -2.45. The highest BCUT2D eigenvalue weighted by Crippen LogP contribution is 2.36. The molecule has 1 saturated heterocycles. The Hall–Kier alpha value is -2.08. The molecule has 0 radical (unpaired) electrons. The Labute approximate surface area is 117 Å². The second-order valence-corrected chi connectivity index (χ2v) is 4.77. The second kappa shape index (κ2) is 5.50. The predicted molar refractivity (Wildman–Crippen MR) is 74.1 cm³/mol. The van der Waals surface area contributed by atoms with Crippen molar-refractivity contribution in [2.45, 2.75) is 12.5 Å². The van der Waals surface area contributed by atoms with Gasteiger partial charge in [-0.3, -0.25) is 9.59 Å². The van der Waals surface area contributed by atoms with E-state index in [1.54, 1.807) is 18.2 Å². The van der Waals surface area contributed by atoms with Crippen molar-refractivity contribution in [3.8, 4) is 5.75 Å². The number of carbonyl (C=O) groups excluding carboxylic acids is 2. The third kappa shape index (κ3) is 2.12. The zero-order chi connectivity index (χ0) is 14.8. The van der Waals surface area contributed by atoms with Crippen LogP contribution in [-0.4, -0.2) is 43.5 Å². The summed E-state index contributed by atoms with van der Waals surface area (Å²) in [6.07, 6.45) is 0. The van der Waals surface area contributed by atoms with Crippen LogP contribution < -0.4 is 15.8 Å². The summed E-state index contributed by atoms with van der Waals surface area (Å²) in [6, 6.07) is 7.14. The van der Waals surface area contributed by atoms with Gasteiger partial charge in [0, 0.05) is 32.1 Å². The minimum Gasteiger partial charge on any atom is -0.496 e. The number of nitrogens with zero attached hydrogens (tertiary/aromatic N) is 1. The molecule has 3 N–H and O–H groups in total. The first-order valence-corrected chi connectivity index (χ1v) is 6.46. The van der Waals surface area contributed by atoms with Gasteiger partial charge in [-0.2, -0.15) is 0 Å². The van der Waals surface area contributed by atoms with Gasteiger partial charge < -0.3 is 20.7 Å². The molecule has 108 valence electrons. The number of hydrogen-bond donors (Lipinski definition) is 2. The summed E-state index contributed by atoms with van der Waals surface area (Å²) < 4.78 is 5.33. The van der Waals surface area contributed by atoms with Gasteiger partial charge in [0.2, 0.25) is 11.8 Å². The first kappa shape index (κ1) is 14.3. The number of nitrogens with one attached hydrogen (secondary N) is 1. The molecule has 2 rings (SSSR count). The van der Waals surface area contributed by atoms with Crippen molar-refractivity contribution >= 4 is 11.8 Å². The Morgan fingerprint density at radius 3 is 2.70 bits per heavy atom. The molecule has 0 aliphatic carbocycles. The number of hydrogen-bond acceptors (Lipinski definition) is 4. The van der Waals surface area contributed by atoms with Crippen LogP contribution in [-0.2, 0) is 15.1 Å². The SMILES string of the molecule is COc1ccccc1C1(C(N)=O)CNCCN1C(C)=O. The molecular formula is C14H19N3O3. The highest BCUT2D eigenvalue weighted by molar-refractivity contribution is 5.92. The van der Waals surface area contributed by atoms with Crippen LogP contribution in [0.25, 0.3) is 0 Å². The average Bonchev–Trinajstić information content (AvgIpc) is 2.46. The fourth-order valence-corrected chi connectivity index (χ4v) is 2.75. The van der Waals surface area contributed by atoms with E-state index in [9.17, 15) is 9.59 Å². The van der Waals surface area contributed by atoms with E-state index < -0.39 is 11.4 Å². The largest absolute Gasteiger partial charge is 0.496 e. The van der Waals surface area contributed by atoms with Crippen LogP contribution in [0.4, 0.5) is 0 Å². The third-order valence-corrected chi connectivity index (χ3v) is 3.69. The van der Waals surface area contributed by atoms with E-state index in [0.717, 1.165) is 0 Å². The fourth-order valence-electron chi connectivity index (χ4n) is 2.75. The van der Waals surface area contributed by atoms with E-state index in [4.69, 9.17) is 10.5 Å². The number of para-hydroxylation sites is 1. The van der Waals surface area contributed by atoms with Crippen molar-refractivity contribution in [1.82, 2.24) is 10.2 Å². The molecule has 1 aromatic carbocycles. The molecular weight excluding hydrogens is 258 g/mol. The first-order chi connectivity index (χ1) is 9.54. The van der Waals surface area contributed by atoms with Gasteiger partial charge in [0.25, 0.3) is 0 Å². The number of nitrogens with two attached hydrogens (primary N) is 1. The Balaban J connectivity index is 2.64. The molecule has 2 amide bonds. The minimum absolute atomic E-state index is 0.184. The molecule has 1 aliphatic heterocycles. The van der Waals surface area contributed by atoms with Crippen LogP contribution in [0.1, 0.15) is 12.5 Å². The number of piperazine rings is 1. The first-order valence-electron chi connectivity index (χ1n) is 6.46. The van der Waals surface area contributed by atoms with E-state index in [2.05, 4.69) is 5.32 Å². The van der Waals surface area contributed by atoms with Crippen molar-refractivity contribution in [3.05, 3.63) is 29.8 Å². The lowest BCUT2D eigenvalue weighted by atomic mass is 9.84. The zero-order valence-electron chi connectivity index (χ0n) is 11.7. The highest BCUT2D eigenvalue weighted by atomic mass is 16.5. The van der Waals surface area contributed by atoms with Gasteiger partial charge in [0.15, 0.2) is 5.54 Å². The van der Waals surface area contributed by atoms with Crippen LogP contribution in [0.5, 0.6) is 5.75 Å². The van der Waals surface area contributed by atoms with Crippen LogP contribution >= 0.6 is 0 Å². The van der Waals surface area contributed by atoms with Crippen molar-refractivity contribution in [2.24, 2.45) is 5.73 Å². The van der Waals surface area contributed by atoms with Crippen molar-refractivity contribution in [2.75, 3.05) is 26.7 Å². The molecule has 0 bridgehead atoms. The van der Waals surface area contributed by atoms with Crippen molar-refractivity contribution in [3.63, 3.8) is 0 Å². The molecule has 6 heteroatoms. The number of primary amides is 1. The Bertz CT molecular complexity index is 532. The van der Waals surface area contributed by atoms with Crippen LogP contribution in [0, 0.1) is 0 Å². The van der Waals surface area contributed by atoms with Crippen molar-refractivity contribution < 1.29 is 14.3 Å². The van der Waals surface area contributed by atoms with E-state index in [0.29, 0.717) is 24.4 Å². The Morgan fingerprint density at radius 1 is 1.40 bits per heavy atom. The standard InChI is InChI=1S/C14H19N3O3/c1-10(18)17-8-7-16-9-14(17,13(15)19)11-5-3-4-6-12(11)20-2/h3-6,16H,7-9H2,1-2H3,(H2,15,19). The molecule has 1 aliphatic rings. The Kier molecular flexibility index (Phi) is 3.94. The number of rotatable bonds is 3. The van der Waals surface area contributed by atoms with Gasteiger partial charge in [0.1, 0.15) is 5.75 Å².